The average Bonchev–Trinajstić information content (AvgIpc) is 3.06. The van der Waals surface area contributed by atoms with Gasteiger partial charge in [-0.05, 0) is 19.9 Å². The summed E-state index contributed by atoms with van der Waals surface area (Å²) in [4.78, 5) is 17.2. The summed E-state index contributed by atoms with van der Waals surface area (Å²) < 4.78 is 7.62. The Morgan fingerprint density at radius 1 is 0.900 bits per heavy atom. The van der Waals surface area contributed by atoms with E-state index in [9.17, 15) is 4.79 Å². The number of carbonyl (C=O) groups is 1. The first kappa shape index (κ1) is 19.5. The second kappa shape index (κ2) is 8.29. The molecule has 0 atom stereocenters. The summed E-state index contributed by atoms with van der Waals surface area (Å²) in [6.07, 6.45) is 0. The number of ether oxygens (including phenoxy) is 1. The highest BCUT2D eigenvalue weighted by Gasteiger charge is 2.17. The van der Waals surface area contributed by atoms with E-state index in [1.54, 1.807) is 0 Å². The molecule has 0 aliphatic heterocycles. The van der Waals surface area contributed by atoms with E-state index < -0.39 is 0 Å². The van der Waals surface area contributed by atoms with Crippen molar-refractivity contribution in [2.24, 2.45) is 7.05 Å². The summed E-state index contributed by atoms with van der Waals surface area (Å²) in [6.45, 7) is 3.73. The molecule has 6 nitrogen and oxygen atoms in total. The Balaban J connectivity index is 1.63. The van der Waals surface area contributed by atoms with Gasteiger partial charge in [-0.3, -0.25) is 4.79 Å². The summed E-state index contributed by atoms with van der Waals surface area (Å²) >= 11 is 0. The van der Waals surface area contributed by atoms with Gasteiger partial charge in [0.15, 0.2) is 6.61 Å². The summed E-state index contributed by atoms with van der Waals surface area (Å²) in [7, 11) is 1.93. The molecule has 0 N–H and O–H groups in total. The van der Waals surface area contributed by atoms with Crippen molar-refractivity contribution >= 4 is 5.78 Å². The molecule has 150 valence electrons. The lowest BCUT2D eigenvalue weighted by molar-refractivity contribution is 0.0912. The molecule has 30 heavy (non-hydrogen) atoms. The number of benzene rings is 2. The summed E-state index contributed by atoms with van der Waals surface area (Å²) in [5.41, 5.74) is 5.70. The molecule has 2 aromatic heterocycles. The first-order valence-electron chi connectivity index (χ1n) is 9.69. The van der Waals surface area contributed by atoms with E-state index in [-0.39, 0.29) is 18.4 Å². The van der Waals surface area contributed by atoms with Crippen molar-refractivity contribution in [3.8, 4) is 28.5 Å². The molecule has 0 bridgehead atoms. The van der Waals surface area contributed by atoms with E-state index in [0.717, 1.165) is 22.5 Å². The molecule has 0 aliphatic carbocycles. The van der Waals surface area contributed by atoms with Crippen LogP contribution in [0.25, 0.3) is 22.5 Å². The number of ketones is 1. The molecule has 6 heteroatoms. The third-order valence-corrected chi connectivity index (χ3v) is 5.17. The monoisotopic (exact) mass is 398 g/mol. The van der Waals surface area contributed by atoms with Gasteiger partial charge in [0.1, 0.15) is 11.4 Å². The van der Waals surface area contributed by atoms with Gasteiger partial charge in [-0.25, -0.2) is 0 Å². The van der Waals surface area contributed by atoms with Crippen molar-refractivity contribution in [3.63, 3.8) is 0 Å². The Bertz CT molecular complexity index is 1180. The molecule has 4 aromatic rings. The third-order valence-electron chi connectivity index (χ3n) is 5.17. The Kier molecular flexibility index (Phi) is 5.39. The van der Waals surface area contributed by atoms with Crippen molar-refractivity contribution in [1.82, 2.24) is 19.7 Å². The molecule has 0 saturated heterocycles. The minimum Gasteiger partial charge on any atom is -0.454 e. The van der Waals surface area contributed by atoms with Crippen molar-refractivity contribution in [3.05, 3.63) is 83.7 Å². The van der Waals surface area contributed by atoms with Crippen LogP contribution in [-0.2, 0) is 7.05 Å². The molecule has 0 amide bonds. The van der Waals surface area contributed by atoms with Crippen LogP contribution >= 0.6 is 0 Å². The number of carbonyl (C=O) groups excluding carboxylic acids is 1. The Hall–Kier alpha value is -3.80. The largest absolute Gasteiger partial charge is 0.454 e. The van der Waals surface area contributed by atoms with Crippen LogP contribution in [0.4, 0.5) is 0 Å². The second-order valence-electron chi connectivity index (χ2n) is 7.08. The lowest BCUT2D eigenvalue weighted by Crippen LogP contribution is -2.14. The van der Waals surface area contributed by atoms with Gasteiger partial charge >= 0.3 is 6.01 Å². The van der Waals surface area contributed by atoms with E-state index >= 15 is 0 Å². The number of Topliss-reactive ketones (excluding diaryl/α,β-unsaturated/α-hetero) is 1. The van der Waals surface area contributed by atoms with Crippen LogP contribution in [0.15, 0.2) is 66.7 Å². The maximum atomic E-state index is 12.6. The zero-order valence-electron chi connectivity index (χ0n) is 17.2. The fourth-order valence-corrected chi connectivity index (χ4v) is 3.31. The molecule has 0 radical (unpaired) electrons. The Morgan fingerprint density at radius 2 is 1.50 bits per heavy atom. The van der Waals surface area contributed by atoms with Crippen molar-refractivity contribution in [2.75, 3.05) is 6.61 Å². The Labute approximate surface area is 175 Å². The lowest BCUT2D eigenvalue weighted by Gasteiger charge is -2.10. The minimum atomic E-state index is -0.148. The molecule has 4 rings (SSSR count). The molecular weight excluding hydrogens is 376 g/mol. The molecular formula is C24H22N4O2. The van der Waals surface area contributed by atoms with Crippen molar-refractivity contribution in [1.29, 1.82) is 0 Å². The fraction of sp³-hybridized carbons (Fsp3) is 0.167. The van der Waals surface area contributed by atoms with Crippen molar-refractivity contribution < 1.29 is 9.53 Å². The van der Waals surface area contributed by atoms with Gasteiger partial charge in [-0.1, -0.05) is 65.8 Å². The van der Waals surface area contributed by atoms with E-state index in [2.05, 4.69) is 15.2 Å². The fourth-order valence-electron chi connectivity index (χ4n) is 3.31. The van der Waals surface area contributed by atoms with Crippen LogP contribution in [0.1, 0.15) is 21.7 Å². The zero-order valence-corrected chi connectivity index (χ0v) is 17.2. The molecule has 2 heterocycles. The number of aromatic nitrogens is 4. The van der Waals surface area contributed by atoms with Gasteiger partial charge in [-0.2, -0.15) is 4.98 Å². The minimum absolute atomic E-state index is 0.0761. The van der Waals surface area contributed by atoms with E-state index in [0.29, 0.717) is 17.0 Å². The number of nitrogens with zero attached hydrogens (tertiary/aromatic N) is 4. The topological polar surface area (TPSA) is 69.9 Å². The van der Waals surface area contributed by atoms with E-state index in [1.807, 2.05) is 92.2 Å². The van der Waals surface area contributed by atoms with Gasteiger partial charge in [0.05, 0.1) is 0 Å². The van der Waals surface area contributed by atoms with Gasteiger partial charge in [0.25, 0.3) is 0 Å². The Morgan fingerprint density at radius 3 is 2.07 bits per heavy atom. The van der Waals surface area contributed by atoms with E-state index in [1.165, 1.54) is 0 Å². The third kappa shape index (κ3) is 3.85. The van der Waals surface area contributed by atoms with E-state index in [4.69, 9.17) is 4.74 Å². The van der Waals surface area contributed by atoms with Crippen molar-refractivity contribution in [2.45, 2.75) is 13.8 Å². The molecule has 2 aromatic carbocycles. The maximum Gasteiger partial charge on any atom is 0.336 e. The van der Waals surface area contributed by atoms with Gasteiger partial charge in [0, 0.05) is 35.1 Å². The maximum absolute atomic E-state index is 12.6. The van der Waals surface area contributed by atoms with Gasteiger partial charge < -0.3 is 9.30 Å². The van der Waals surface area contributed by atoms with Gasteiger partial charge in [-0.15, -0.1) is 5.10 Å². The quantitative estimate of drug-likeness (QED) is 0.450. The molecule has 0 saturated carbocycles. The standard InChI is InChI=1S/C24H22N4O2/c1-16-14-20(17(2)28(16)3)21(29)15-30-24-25-22(18-10-6-4-7-11-18)23(26-27-24)19-12-8-5-9-13-19/h4-14H,15H2,1-3H3. The SMILES string of the molecule is Cc1cc(C(=O)COc2nnc(-c3ccccc3)c(-c3ccccc3)n2)c(C)n1C. The van der Waals surface area contributed by atoms with Crippen LogP contribution in [0, 0.1) is 13.8 Å². The highest BCUT2D eigenvalue weighted by atomic mass is 16.5. The first-order chi connectivity index (χ1) is 14.5. The van der Waals surface area contributed by atoms with Crippen LogP contribution in [-0.4, -0.2) is 32.1 Å². The second-order valence-corrected chi connectivity index (χ2v) is 7.08. The van der Waals surface area contributed by atoms with Crippen LogP contribution in [0.3, 0.4) is 0 Å². The predicted molar refractivity (Wildman–Crippen MR) is 115 cm³/mol. The van der Waals surface area contributed by atoms with Crippen LogP contribution in [0.2, 0.25) is 0 Å². The summed E-state index contributed by atoms with van der Waals surface area (Å²) in [5.74, 6) is -0.117. The normalized spacial score (nSPS) is 10.8. The van der Waals surface area contributed by atoms with Crippen LogP contribution in [0.5, 0.6) is 6.01 Å². The zero-order chi connectivity index (χ0) is 21.1. The molecule has 0 spiro atoms. The number of rotatable bonds is 6. The molecule has 0 aliphatic rings. The highest BCUT2D eigenvalue weighted by Crippen LogP contribution is 2.29. The predicted octanol–water partition coefficient (Wildman–Crippen LogP) is 4.42. The number of hydrogen-bond donors (Lipinski definition) is 0. The first-order valence-corrected chi connectivity index (χ1v) is 9.69. The highest BCUT2D eigenvalue weighted by molar-refractivity contribution is 5.98. The summed E-state index contributed by atoms with van der Waals surface area (Å²) in [5, 5.41) is 8.47. The summed E-state index contributed by atoms with van der Waals surface area (Å²) in [6, 6.07) is 21.4. The molecule has 0 unspecified atom stereocenters. The number of hydrogen-bond acceptors (Lipinski definition) is 5. The van der Waals surface area contributed by atoms with Gasteiger partial charge in [0.2, 0.25) is 5.78 Å². The van der Waals surface area contributed by atoms with Crippen LogP contribution < -0.4 is 4.74 Å². The average molecular weight is 398 g/mol. The number of aryl methyl sites for hydroxylation is 1. The lowest BCUT2D eigenvalue weighted by atomic mass is 10.0. The smallest absolute Gasteiger partial charge is 0.336 e. The molecule has 0 fully saturated rings.